The molecule has 2 aliphatic rings. The third-order valence-corrected chi connectivity index (χ3v) is 5.43. The predicted octanol–water partition coefficient (Wildman–Crippen LogP) is 2.74. The van der Waals surface area contributed by atoms with Gasteiger partial charge in [-0.15, -0.1) is 0 Å². The van der Waals surface area contributed by atoms with Crippen molar-refractivity contribution in [3.63, 3.8) is 0 Å². The average Bonchev–Trinajstić information content (AvgIpc) is 2.70. The summed E-state index contributed by atoms with van der Waals surface area (Å²) in [6.45, 7) is 0.408. The Morgan fingerprint density at radius 3 is 2.43 bits per heavy atom. The van der Waals surface area contributed by atoms with Crippen molar-refractivity contribution in [3.8, 4) is 0 Å². The van der Waals surface area contributed by atoms with Crippen molar-refractivity contribution in [3.05, 3.63) is 82.2 Å². The number of fused-ring (bicyclic) bond motifs is 1. The van der Waals surface area contributed by atoms with Crippen LogP contribution in [-0.4, -0.2) is 58.0 Å². The Morgan fingerprint density at radius 2 is 1.75 bits per heavy atom. The highest BCUT2D eigenvalue weighted by molar-refractivity contribution is 6.30. The van der Waals surface area contributed by atoms with Crippen molar-refractivity contribution in [1.82, 2.24) is 9.91 Å². The second kappa shape index (κ2) is 7.30. The van der Waals surface area contributed by atoms with E-state index in [-0.39, 0.29) is 29.3 Å². The minimum atomic E-state index is -1.28. The highest BCUT2D eigenvalue weighted by Crippen LogP contribution is 2.37. The van der Waals surface area contributed by atoms with E-state index in [2.05, 4.69) is 5.10 Å². The topological polar surface area (TPSA) is 76.4 Å². The quantitative estimate of drug-likeness (QED) is 0.835. The molecule has 2 aromatic rings. The molecule has 3 atom stereocenters. The number of nitrogens with zero attached hydrogens (tertiary/aromatic N) is 3. The molecule has 0 radical (unpaired) electrons. The lowest BCUT2D eigenvalue weighted by molar-refractivity contribution is -0.132. The molecule has 1 fully saturated rings. The van der Waals surface area contributed by atoms with Crippen LogP contribution in [-0.2, 0) is 4.79 Å². The molecule has 7 heteroatoms. The Kier molecular flexibility index (Phi) is 4.83. The number of hydrogen-bond donors (Lipinski definition) is 2. The van der Waals surface area contributed by atoms with Gasteiger partial charge >= 0.3 is 0 Å². The molecular formula is C21H20ClN3O3. The number of aliphatic hydroxyl groups is 2. The van der Waals surface area contributed by atoms with Gasteiger partial charge in [-0.2, -0.15) is 5.10 Å². The van der Waals surface area contributed by atoms with Gasteiger partial charge < -0.3 is 15.1 Å². The fraction of sp³-hybridized carbons (Fsp3) is 0.238. The fourth-order valence-electron chi connectivity index (χ4n) is 3.82. The van der Waals surface area contributed by atoms with Crippen molar-refractivity contribution >= 4 is 23.7 Å². The second-order valence-corrected chi connectivity index (χ2v) is 7.42. The first kappa shape index (κ1) is 18.5. The van der Waals surface area contributed by atoms with E-state index in [0.29, 0.717) is 11.6 Å². The first-order chi connectivity index (χ1) is 13.5. The maximum atomic E-state index is 12.7. The van der Waals surface area contributed by atoms with Gasteiger partial charge in [-0.25, -0.2) is 0 Å². The number of hydrogen-bond acceptors (Lipinski definition) is 5. The Bertz CT molecular complexity index is 943. The summed E-state index contributed by atoms with van der Waals surface area (Å²) in [5.41, 5.74) is 2.09. The van der Waals surface area contributed by atoms with E-state index in [1.54, 1.807) is 11.9 Å². The Balaban J connectivity index is 1.85. The van der Waals surface area contributed by atoms with Crippen molar-refractivity contribution in [1.29, 1.82) is 0 Å². The normalized spacial score (nSPS) is 23.0. The molecule has 0 spiro atoms. The molecule has 3 unspecified atom stereocenters. The third kappa shape index (κ3) is 3.15. The summed E-state index contributed by atoms with van der Waals surface area (Å²) >= 11 is 6.08. The molecule has 144 valence electrons. The molecule has 1 amide bonds. The van der Waals surface area contributed by atoms with Crippen LogP contribution < -0.4 is 0 Å². The average molecular weight is 398 g/mol. The van der Waals surface area contributed by atoms with Crippen LogP contribution in [0.4, 0.5) is 0 Å². The Labute approximate surface area is 168 Å². The van der Waals surface area contributed by atoms with Gasteiger partial charge in [0.25, 0.3) is 5.91 Å². The lowest BCUT2D eigenvalue weighted by atomic mass is 9.83. The molecule has 0 bridgehead atoms. The lowest BCUT2D eigenvalue weighted by Crippen LogP contribution is -2.55. The number of amides is 1. The summed E-state index contributed by atoms with van der Waals surface area (Å²) in [5.74, 6) is -0.878. The number of rotatable bonds is 3. The summed E-state index contributed by atoms with van der Waals surface area (Å²) in [4.78, 5) is 14.2. The van der Waals surface area contributed by atoms with E-state index in [0.717, 1.165) is 11.1 Å². The predicted molar refractivity (Wildman–Crippen MR) is 107 cm³/mol. The van der Waals surface area contributed by atoms with Gasteiger partial charge in [-0.05, 0) is 23.3 Å². The van der Waals surface area contributed by atoms with E-state index in [4.69, 9.17) is 11.6 Å². The monoisotopic (exact) mass is 397 g/mol. The smallest absolute Gasteiger partial charge is 0.275 e. The molecule has 2 N–H and O–H groups in total. The molecule has 1 saturated heterocycles. The number of hydrazone groups is 1. The minimum Gasteiger partial charge on any atom is -0.507 e. The summed E-state index contributed by atoms with van der Waals surface area (Å²) in [7, 11) is 1.68. The van der Waals surface area contributed by atoms with Crippen LogP contribution in [0, 0.1) is 0 Å². The van der Waals surface area contributed by atoms with Crippen molar-refractivity contribution in [2.24, 2.45) is 5.10 Å². The zero-order valence-electron chi connectivity index (χ0n) is 15.2. The van der Waals surface area contributed by atoms with Crippen LogP contribution in [0.2, 0.25) is 5.02 Å². The number of carbonyl (C=O) groups is 1. The summed E-state index contributed by atoms with van der Waals surface area (Å²) < 4.78 is 0. The number of likely N-dealkylation sites (N-methyl/N-ethyl adjacent to an activating group) is 1. The highest BCUT2D eigenvalue weighted by Gasteiger charge is 2.44. The van der Waals surface area contributed by atoms with E-state index in [9.17, 15) is 15.0 Å². The van der Waals surface area contributed by atoms with Gasteiger partial charge in [0.2, 0.25) is 0 Å². The molecule has 2 aromatic carbocycles. The number of carbonyl (C=O) groups excluding carboxylic acids is 1. The highest BCUT2D eigenvalue weighted by atomic mass is 35.5. The van der Waals surface area contributed by atoms with Gasteiger partial charge in [0, 0.05) is 24.5 Å². The van der Waals surface area contributed by atoms with Gasteiger partial charge in [-0.1, -0.05) is 54.1 Å². The van der Waals surface area contributed by atoms with E-state index < -0.39 is 6.10 Å². The number of piperazine rings is 1. The van der Waals surface area contributed by atoms with Crippen molar-refractivity contribution < 1.29 is 15.0 Å². The zero-order chi connectivity index (χ0) is 19.8. The SMILES string of the molecule is CN1CC(C(c2ccccc2)c2ccc(Cl)cc2)N2N=CC(O)C(O)=C2C1=O. The molecule has 6 nitrogen and oxygen atoms in total. The van der Waals surface area contributed by atoms with Crippen molar-refractivity contribution in [2.75, 3.05) is 13.6 Å². The standard InChI is InChI=1S/C21H20ClN3O3/c1-24-12-16(25-19(21(24)28)20(27)17(26)11-23-25)18(13-5-3-2-4-6-13)14-7-9-15(22)10-8-14/h2-11,16-18,26-27H,12H2,1H3. The Hall–Kier alpha value is -2.83. The summed E-state index contributed by atoms with van der Waals surface area (Å²) in [6, 6.07) is 17.3. The fourth-order valence-corrected chi connectivity index (χ4v) is 3.94. The molecule has 4 rings (SSSR count). The molecule has 2 aliphatic heterocycles. The molecule has 0 aromatic heterocycles. The maximum Gasteiger partial charge on any atom is 0.275 e. The summed E-state index contributed by atoms with van der Waals surface area (Å²) in [5, 5.41) is 26.8. The van der Waals surface area contributed by atoms with Crippen LogP contribution in [0.1, 0.15) is 17.0 Å². The van der Waals surface area contributed by atoms with Crippen LogP contribution in [0.15, 0.2) is 71.2 Å². The molecular weight excluding hydrogens is 378 g/mol. The largest absolute Gasteiger partial charge is 0.507 e. The van der Waals surface area contributed by atoms with Crippen LogP contribution in [0.5, 0.6) is 0 Å². The zero-order valence-corrected chi connectivity index (χ0v) is 16.0. The minimum absolute atomic E-state index is 0.0173. The number of halogens is 1. The summed E-state index contributed by atoms with van der Waals surface area (Å²) in [6.07, 6.45) is -0.0398. The van der Waals surface area contributed by atoms with E-state index >= 15 is 0 Å². The Morgan fingerprint density at radius 1 is 1.11 bits per heavy atom. The van der Waals surface area contributed by atoms with Gasteiger partial charge in [0.15, 0.2) is 11.5 Å². The van der Waals surface area contributed by atoms with Crippen LogP contribution in [0.25, 0.3) is 0 Å². The van der Waals surface area contributed by atoms with E-state index in [1.165, 1.54) is 11.2 Å². The van der Waals surface area contributed by atoms with Crippen LogP contribution >= 0.6 is 11.6 Å². The maximum absolute atomic E-state index is 12.7. The van der Waals surface area contributed by atoms with Crippen molar-refractivity contribution in [2.45, 2.75) is 18.1 Å². The van der Waals surface area contributed by atoms with Gasteiger partial charge in [0.1, 0.15) is 6.10 Å². The molecule has 0 aliphatic carbocycles. The van der Waals surface area contributed by atoms with Crippen LogP contribution in [0.3, 0.4) is 0 Å². The molecule has 0 saturated carbocycles. The number of aliphatic hydroxyl groups excluding tert-OH is 2. The number of benzene rings is 2. The van der Waals surface area contributed by atoms with Gasteiger partial charge in [0.05, 0.1) is 12.3 Å². The first-order valence-corrected chi connectivity index (χ1v) is 9.35. The molecule has 2 heterocycles. The first-order valence-electron chi connectivity index (χ1n) is 8.97. The lowest BCUT2D eigenvalue weighted by Gasteiger charge is -2.44. The third-order valence-electron chi connectivity index (χ3n) is 5.18. The van der Waals surface area contributed by atoms with Gasteiger partial charge in [-0.3, -0.25) is 9.80 Å². The second-order valence-electron chi connectivity index (χ2n) is 6.98. The van der Waals surface area contributed by atoms with E-state index in [1.807, 2.05) is 54.6 Å². The molecule has 28 heavy (non-hydrogen) atoms.